The third-order valence-corrected chi connectivity index (χ3v) is 6.78. The lowest BCUT2D eigenvalue weighted by Gasteiger charge is -2.33. The fourth-order valence-electron chi connectivity index (χ4n) is 3.82. The molecule has 1 N–H and O–H groups in total. The molecular weight excluding hydrogens is 344 g/mol. The molecule has 2 aromatic heterocycles. The molecule has 24 heavy (non-hydrogen) atoms. The molecular formula is C16H22N4O2S2. The molecule has 0 bridgehead atoms. The van der Waals surface area contributed by atoms with Crippen LogP contribution in [0.25, 0.3) is 10.2 Å². The molecule has 1 saturated heterocycles. The molecule has 0 atom stereocenters. The lowest BCUT2D eigenvalue weighted by molar-refractivity contribution is 0.460. The molecule has 2 aliphatic rings. The molecule has 0 saturated carbocycles. The van der Waals surface area contributed by atoms with E-state index in [0.29, 0.717) is 0 Å². The van der Waals surface area contributed by atoms with Gasteiger partial charge in [0, 0.05) is 24.0 Å². The van der Waals surface area contributed by atoms with Gasteiger partial charge in [0.1, 0.15) is 16.5 Å². The summed E-state index contributed by atoms with van der Waals surface area (Å²) in [7, 11) is -3.14. The van der Waals surface area contributed by atoms with Gasteiger partial charge in [-0.3, -0.25) is 0 Å². The lowest BCUT2D eigenvalue weighted by Crippen LogP contribution is -2.44. The highest BCUT2D eigenvalue weighted by Gasteiger charge is 2.27. The van der Waals surface area contributed by atoms with Crippen molar-refractivity contribution in [2.24, 2.45) is 0 Å². The van der Waals surface area contributed by atoms with Crippen LogP contribution in [0.1, 0.15) is 35.5 Å². The van der Waals surface area contributed by atoms with Gasteiger partial charge in [0.15, 0.2) is 0 Å². The highest BCUT2D eigenvalue weighted by Crippen LogP contribution is 2.41. The van der Waals surface area contributed by atoms with Crippen molar-refractivity contribution in [2.75, 3.05) is 24.2 Å². The molecule has 0 amide bonds. The number of hydrogen-bond donors (Lipinski definition) is 1. The van der Waals surface area contributed by atoms with E-state index in [9.17, 15) is 8.42 Å². The number of piperidine rings is 1. The number of sulfonamides is 1. The summed E-state index contributed by atoms with van der Waals surface area (Å²) in [5.74, 6) is 1.86. The zero-order valence-electron chi connectivity index (χ0n) is 14.0. The molecule has 0 aromatic carbocycles. The molecule has 1 aliphatic carbocycles. The summed E-state index contributed by atoms with van der Waals surface area (Å²) in [6.45, 7) is 3.60. The molecule has 1 aliphatic heterocycles. The Morgan fingerprint density at radius 1 is 1.21 bits per heavy atom. The Hall–Kier alpha value is -1.25. The first-order valence-electron chi connectivity index (χ1n) is 8.42. The third kappa shape index (κ3) is 3.02. The fourth-order valence-corrected chi connectivity index (χ4v) is 5.96. The second kappa shape index (κ2) is 5.93. The Balaban J connectivity index is 1.63. The zero-order valence-corrected chi connectivity index (χ0v) is 15.6. The van der Waals surface area contributed by atoms with Gasteiger partial charge in [-0.15, -0.1) is 11.3 Å². The number of aryl methyl sites for hydroxylation is 3. The number of hydrogen-bond acceptors (Lipinski definition) is 6. The number of anilines is 1. The smallest absolute Gasteiger partial charge is 0.208 e. The van der Waals surface area contributed by atoms with Crippen LogP contribution in [-0.2, 0) is 22.9 Å². The molecule has 3 heterocycles. The monoisotopic (exact) mass is 366 g/mol. The predicted molar refractivity (Wildman–Crippen MR) is 97.4 cm³/mol. The standard InChI is InChI=1S/C16H22N4O2S2/c1-10-17-15(14-12-4-3-5-13(12)23-16(14)18-10)20-8-6-11(7-9-20)19-24(2,21)22/h11,19H,3-9H2,1-2H3. The van der Waals surface area contributed by atoms with Gasteiger partial charge < -0.3 is 4.90 Å². The Morgan fingerprint density at radius 3 is 2.67 bits per heavy atom. The molecule has 2 aromatic rings. The Bertz CT molecular complexity index is 883. The Labute approximate surface area is 146 Å². The first kappa shape index (κ1) is 16.2. The van der Waals surface area contributed by atoms with Crippen molar-refractivity contribution in [3.8, 4) is 0 Å². The maximum atomic E-state index is 11.4. The highest BCUT2D eigenvalue weighted by atomic mass is 32.2. The molecule has 1 fully saturated rings. The van der Waals surface area contributed by atoms with Gasteiger partial charge in [-0.2, -0.15) is 0 Å². The van der Waals surface area contributed by atoms with E-state index in [1.807, 2.05) is 18.3 Å². The van der Waals surface area contributed by atoms with E-state index in [1.165, 1.54) is 28.5 Å². The van der Waals surface area contributed by atoms with Crippen LogP contribution in [0.2, 0.25) is 0 Å². The normalized spacial score (nSPS) is 19.2. The number of rotatable bonds is 3. The Morgan fingerprint density at radius 2 is 1.96 bits per heavy atom. The average Bonchev–Trinajstić information content (AvgIpc) is 3.05. The number of nitrogens with one attached hydrogen (secondary N) is 1. The van der Waals surface area contributed by atoms with Gasteiger partial charge in [-0.1, -0.05) is 0 Å². The minimum atomic E-state index is -3.14. The maximum Gasteiger partial charge on any atom is 0.208 e. The first-order chi connectivity index (χ1) is 11.4. The minimum absolute atomic E-state index is 0.0304. The van der Waals surface area contributed by atoms with E-state index in [0.717, 1.165) is 55.2 Å². The second-order valence-corrected chi connectivity index (χ2v) is 9.65. The third-order valence-electron chi connectivity index (χ3n) is 4.83. The lowest BCUT2D eigenvalue weighted by atomic mass is 10.1. The molecule has 0 radical (unpaired) electrons. The zero-order chi connectivity index (χ0) is 16.9. The van der Waals surface area contributed by atoms with Gasteiger partial charge in [-0.05, 0) is 44.6 Å². The molecule has 6 nitrogen and oxygen atoms in total. The summed E-state index contributed by atoms with van der Waals surface area (Å²) in [4.78, 5) is 14.3. The molecule has 8 heteroatoms. The van der Waals surface area contributed by atoms with Crippen LogP contribution in [0.15, 0.2) is 0 Å². The highest BCUT2D eigenvalue weighted by molar-refractivity contribution is 7.88. The SMILES string of the molecule is Cc1nc(N2CCC(NS(C)(=O)=O)CC2)c2c3c(sc2n1)CCC3. The molecule has 0 spiro atoms. The van der Waals surface area contributed by atoms with E-state index < -0.39 is 10.0 Å². The number of nitrogens with zero attached hydrogens (tertiary/aromatic N) is 3. The van der Waals surface area contributed by atoms with Gasteiger partial charge >= 0.3 is 0 Å². The van der Waals surface area contributed by atoms with Crippen molar-refractivity contribution in [1.82, 2.24) is 14.7 Å². The summed E-state index contributed by atoms with van der Waals surface area (Å²) in [6, 6.07) is 0.0304. The molecule has 0 unspecified atom stereocenters. The van der Waals surface area contributed by atoms with Gasteiger partial charge in [0.2, 0.25) is 10.0 Å². The second-order valence-electron chi connectivity index (χ2n) is 6.78. The summed E-state index contributed by atoms with van der Waals surface area (Å²) in [5, 5.41) is 1.24. The van der Waals surface area contributed by atoms with Crippen LogP contribution < -0.4 is 9.62 Å². The number of fused-ring (bicyclic) bond motifs is 3. The summed E-state index contributed by atoms with van der Waals surface area (Å²) in [5.41, 5.74) is 1.45. The van der Waals surface area contributed by atoms with E-state index in [4.69, 9.17) is 4.98 Å². The van der Waals surface area contributed by atoms with Crippen LogP contribution in [0.5, 0.6) is 0 Å². The van der Waals surface area contributed by atoms with E-state index >= 15 is 0 Å². The van der Waals surface area contributed by atoms with Crippen LogP contribution >= 0.6 is 11.3 Å². The van der Waals surface area contributed by atoms with Gasteiger partial charge in [0.25, 0.3) is 0 Å². The largest absolute Gasteiger partial charge is 0.356 e. The van der Waals surface area contributed by atoms with E-state index in [2.05, 4.69) is 14.6 Å². The first-order valence-corrected chi connectivity index (χ1v) is 11.1. The van der Waals surface area contributed by atoms with Crippen LogP contribution in [0.3, 0.4) is 0 Å². The van der Waals surface area contributed by atoms with E-state index in [1.54, 1.807) is 0 Å². The van der Waals surface area contributed by atoms with Gasteiger partial charge in [-0.25, -0.2) is 23.1 Å². The topological polar surface area (TPSA) is 75.2 Å². The van der Waals surface area contributed by atoms with Crippen molar-refractivity contribution in [2.45, 2.75) is 45.1 Å². The van der Waals surface area contributed by atoms with Crippen LogP contribution in [-0.4, -0.2) is 43.8 Å². The minimum Gasteiger partial charge on any atom is -0.356 e. The number of aromatic nitrogens is 2. The van der Waals surface area contributed by atoms with Crippen molar-refractivity contribution in [3.63, 3.8) is 0 Å². The van der Waals surface area contributed by atoms with Crippen LogP contribution in [0, 0.1) is 6.92 Å². The summed E-state index contributed by atoms with van der Waals surface area (Å²) in [6.07, 6.45) is 6.36. The van der Waals surface area contributed by atoms with Crippen molar-refractivity contribution >= 4 is 37.4 Å². The summed E-state index contributed by atoms with van der Waals surface area (Å²) < 4.78 is 25.6. The van der Waals surface area contributed by atoms with Crippen molar-refractivity contribution in [3.05, 3.63) is 16.3 Å². The van der Waals surface area contributed by atoms with Crippen molar-refractivity contribution < 1.29 is 8.42 Å². The molecule has 4 rings (SSSR count). The van der Waals surface area contributed by atoms with Crippen molar-refractivity contribution in [1.29, 1.82) is 0 Å². The maximum absolute atomic E-state index is 11.4. The average molecular weight is 367 g/mol. The summed E-state index contributed by atoms with van der Waals surface area (Å²) >= 11 is 1.82. The van der Waals surface area contributed by atoms with Gasteiger partial charge in [0.05, 0.1) is 11.6 Å². The van der Waals surface area contributed by atoms with Crippen LogP contribution in [0.4, 0.5) is 5.82 Å². The van der Waals surface area contributed by atoms with E-state index in [-0.39, 0.29) is 6.04 Å². The molecule has 130 valence electrons. The Kier molecular flexibility index (Phi) is 4.01. The fraction of sp³-hybridized carbons (Fsp3) is 0.625. The number of thiophene rings is 1. The quantitative estimate of drug-likeness (QED) is 0.899. The predicted octanol–water partition coefficient (Wildman–Crippen LogP) is 2.01.